The van der Waals surface area contributed by atoms with Crippen molar-refractivity contribution < 1.29 is 38.8 Å². The number of pyridine rings is 1. The minimum absolute atomic E-state index is 0.0365. The number of methoxy groups -OCH3 is 2. The van der Waals surface area contributed by atoms with Gasteiger partial charge < -0.3 is 30.5 Å². The fourth-order valence-electron chi connectivity index (χ4n) is 5.50. The van der Waals surface area contributed by atoms with Crippen LogP contribution in [-0.2, 0) is 32.0 Å². The molecule has 0 saturated carbocycles. The zero-order valence-corrected chi connectivity index (χ0v) is 30.8. The van der Waals surface area contributed by atoms with Crippen LogP contribution in [0.5, 0.6) is 0 Å². The van der Waals surface area contributed by atoms with Gasteiger partial charge in [-0.3, -0.25) is 14.6 Å². The molecule has 1 heterocycles. The van der Waals surface area contributed by atoms with Crippen LogP contribution in [0.4, 0.5) is 9.59 Å². The van der Waals surface area contributed by atoms with Crippen LogP contribution in [0.2, 0.25) is 0 Å². The third kappa shape index (κ3) is 12.7. The van der Waals surface area contributed by atoms with Crippen molar-refractivity contribution >= 4 is 24.0 Å². The van der Waals surface area contributed by atoms with E-state index in [0.29, 0.717) is 5.01 Å². The summed E-state index contributed by atoms with van der Waals surface area (Å²) in [7, 11) is 2.44. The molecule has 0 aliphatic rings. The Kier molecular flexibility index (Phi) is 14.5. The SMILES string of the molecule is COC(=O)NC(C(=O)N[C@@H](Cc1ccccc1)[C@@H](O)C[NH+](Cc1ccc(-c2ccccn2)cc1)NC(=O)[C@@H](NC(=O)OC)C(C)(C)C)C(C)(C)C. The van der Waals surface area contributed by atoms with Crippen molar-refractivity contribution in [2.24, 2.45) is 10.8 Å². The van der Waals surface area contributed by atoms with Gasteiger partial charge in [0.15, 0.2) is 0 Å². The topological polar surface area (TPSA) is 172 Å². The van der Waals surface area contributed by atoms with E-state index in [1.54, 1.807) is 6.20 Å². The molecule has 5 atom stereocenters. The van der Waals surface area contributed by atoms with Gasteiger partial charge in [0, 0.05) is 17.3 Å². The van der Waals surface area contributed by atoms with Gasteiger partial charge in [0.05, 0.1) is 26.0 Å². The first-order chi connectivity index (χ1) is 24.0. The first-order valence-corrected chi connectivity index (χ1v) is 16.9. The average Bonchev–Trinajstić information content (AvgIpc) is 3.08. The minimum atomic E-state index is -1.18. The van der Waals surface area contributed by atoms with Crippen LogP contribution in [0.15, 0.2) is 79.0 Å². The van der Waals surface area contributed by atoms with Crippen molar-refractivity contribution in [1.82, 2.24) is 26.4 Å². The molecule has 3 aromatic rings. The van der Waals surface area contributed by atoms with Crippen molar-refractivity contribution in [3.05, 3.63) is 90.1 Å². The van der Waals surface area contributed by atoms with E-state index in [0.717, 1.165) is 22.4 Å². The Balaban J connectivity index is 1.96. The van der Waals surface area contributed by atoms with Gasteiger partial charge in [0.2, 0.25) is 5.91 Å². The predicted molar refractivity (Wildman–Crippen MR) is 193 cm³/mol. The lowest BCUT2D eigenvalue weighted by Crippen LogP contribution is -3.19. The predicted octanol–water partition coefficient (Wildman–Crippen LogP) is 2.79. The summed E-state index contributed by atoms with van der Waals surface area (Å²) in [6.45, 7) is 11.1. The summed E-state index contributed by atoms with van der Waals surface area (Å²) < 4.78 is 9.55. The van der Waals surface area contributed by atoms with Crippen LogP contribution >= 0.6 is 0 Å². The monoisotopic (exact) mass is 705 g/mol. The number of ether oxygens (including phenoxy) is 2. The molecule has 6 N–H and O–H groups in total. The quantitative estimate of drug-likeness (QED) is 0.139. The first-order valence-electron chi connectivity index (χ1n) is 16.9. The molecule has 0 bridgehead atoms. The highest BCUT2D eigenvalue weighted by atomic mass is 16.5. The Hall–Kier alpha value is -5.01. The van der Waals surface area contributed by atoms with Crippen LogP contribution in [0.1, 0.15) is 52.7 Å². The summed E-state index contributed by atoms with van der Waals surface area (Å²) in [6, 6.07) is 20.0. The highest BCUT2D eigenvalue weighted by Gasteiger charge is 2.38. The van der Waals surface area contributed by atoms with Crippen LogP contribution in [-0.4, -0.2) is 79.1 Å². The molecule has 13 heteroatoms. The number of amides is 4. The number of carbonyl (C=O) groups excluding carboxylic acids is 4. The number of carbonyl (C=O) groups is 4. The molecular weight excluding hydrogens is 652 g/mol. The molecule has 0 aliphatic heterocycles. The number of aliphatic hydroxyl groups is 1. The number of rotatable bonds is 14. The molecule has 2 unspecified atom stereocenters. The van der Waals surface area contributed by atoms with Crippen molar-refractivity contribution in [1.29, 1.82) is 0 Å². The molecule has 0 spiro atoms. The number of benzene rings is 2. The number of nitrogens with zero attached hydrogens (tertiary/aromatic N) is 1. The van der Waals surface area contributed by atoms with Crippen LogP contribution < -0.4 is 26.4 Å². The van der Waals surface area contributed by atoms with E-state index in [1.807, 2.05) is 114 Å². The van der Waals surface area contributed by atoms with Crippen LogP contribution in [0.3, 0.4) is 0 Å². The Bertz CT molecular complexity index is 1570. The highest BCUT2D eigenvalue weighted by Crippen LogP contribution is 2.21. The second-order valence-electron chi connectivity index (χ2n) is 14.6. The third-order valence-corrected chi connectivity index (χ3v) is 8.33. The Labute approximate surface area is 300 Å². The molecule has 13 nitrogen and oxygen atoms in total. The Morgan fingerprint density at radius 1 is 0.725 bits per heavy atom. The smallest absolute Gasteiger partial charge is 0.407 e. The fourth-order valence-corrected chi connectivity index (χ4v) is 5.50. The molecule has 0 radical (unpaired) electrons. The molecule has 276 valence electrons. The maximum atomic E-state index is 13.8. The Morgan fingerprint density at radius 3 is 1.78 bits per heavy atom. The standard InChI is InChI=1S/C38H52N6O7/c1-37(2,3)31(41-35(48)50-7)33(46)40-29(22-25-14-10-9-11-15-25)30(45)24-44(43-34(47)32(38(4,5)6)42-36(49)51-8)23-26-17-19-27(20-18-26)28-16-12-13-21-39-28/h9-21,29-32,45H,22-24H2,1-8H3,(H,40,46)(H,41,48)(H,42,49)(H,43,47)/p+1/t29-,30-,31?,32+/m0/s1. The van der Waals surface area contributed by atoms with Crippen LogP contribution in [0.25, 0.3) is 11.3 Å². The second-order valence-corrected chi connectivity index (χ2v) is 14.6. The second kappa shape index (κ2) is 18.3. The Morgan fingerprint density at radius 2 is 1.27 bits per heavy atom. The van der Waals surface area contributed by atoms with Gasteiger partial charge in [-0.05, 0) is 34.9 Å². The highest BCUT2D eigenvalue weighted by molar-refractivity contribution is 5.87. The summed E-state index contributed by atoms with van der Waals surface area (Å²) in [4.78, 5) is 56.4. The fraction of sp³-hybridized carbons (Fsp3) is 0.447. The van der Waals surface area contributed by atoms with Gasteiger partial charge >= 0.3 is 12.2 Å². The van der Waals surface area contributed by atoms with E-state index in [-0.39, 0.29) is 19.5 Å². The molecule has 0 fully saturated rings. The largest absolute Gasteiger partial charge is 0.453 e. The number of alkyl carbamates (subject to hydrolysis) is 2. The maximum absolute atomic E-state index is 13.8. The maximum Gasteiger partial charge on any atom is 0.407 e. The lowest BCUT2D eigenvalue weighted by Gasteiger charge is -2.34. The number of hydrogen-bond donors (Lipinski definition) is 6. The molecular formula is C38H53N6O7+. The number of aliphatic hydroxyl groups excluding tert-OH is 1. The summed E-state index contributed by atoms with van der Waals surface area (Å²) in [5.74, 6) is -0.988. The zero-order valence-electron chi connectivity index (χ0n) is 30.8. The van der Waals surface area contributed by atoms with Gasteiger partial charge in [-0.25, -0.2) is 20.0 Å². The lowest BCUT2D eigenvalue weighted by molar-refractivity contribution is -0.952. The summed E-state index contributed by atoms with van der Waals surface area (Å²) in [5, 5.41) is 20.5. The third-order valence-electron chi connectivity index (χ3n) is 8.33. The molecule has 2 aromatic carbocycles. The van der Waals surface area contributed by atoms with E-state index in [2.05, 4.69) is 26.4 Å². The van der Waals surface area contributed by atoms with Crippen LogP contribution in [0, 0.1) is 10.8 Å². The van der Waals surface area contributed by atoms with E-state index < -0.39 is 59.1 Å². The first kappa shape index (κ1) is 40.4. The molecule has 4 amide bonds. The van der Waals surface area contributed by atoms with E-state index in [4.69, 9.17) is 9.47 Å². The zero-order chi connectivity index (χ0) is 37.8. The summed E-state index contributed by atoms with van der Waals surface area (Å²) in [6.07, 6.45) is -0.710. The van der Waals surface area contributed by atoms with Gasteiger partial charge in [-0.1, -0.05) is 102 Å². The van der Waals surface area contributed by atoms with Gasteiger partial charge in [-0.2, -0.15) is 0 Å². The normalized spacial score (nSPS) is 14.5. The van der Waals surface area contributed by atoms with Crippen molar-refractivity contribution in [3.63, 3.8) is 0 Å². The minimum Gasteiger partial charge on any atom is -0.453 e. The van der Waals surface area contributed by atoms with Gasteiger partial charge in [0.1, 0.15) is 31.3 Å². The van der Waals surface area contributed by atoms with E-state index in [1.165, 1.54) is 14.2 Å². The van der Waals surface area contributed by atoms with Crippen molar-refractivity contribution in [2.75, 3.05) is 20.8 Å². The number of quaternary nitrogens is 1. The molecule has 1 aromatic heterocycles. The average molecular weight is 706 g/mol. The molecule has 0 aliphatic carbocycles. The van der Waals surface area contributed by atoms with Crippen molar-refractivity contribution in [2.45, 2.75) is 78.7 Å². The molecule has 0 saturated heterocycles. The number of hydrogen-bond acceptors (Lipinski definition) is 8. The van der Waals surface area contributed by atoms with Gasteiger partial charge in [0.25, 0.3) is 5.91 Å². The molecule has 51 heavy (non-hydrogen) atoms. The number of nitrogens with one attached hydrogen (secondary N) is 5. The molecule has 3 rings (SSSR count). The van der Waals surface area contributed by atoms with Gasteiger partial charge in [-0.15, -0.1) is 0 Å². The lowest BCUT2D eigenvalue weighted by atomic mass is 9.85. The van der Waals surface area contributed by atoms with E-state index in [9.17, 15) is 24.3 Å². The van der Waals surface area contributed by atoms with Crippen molar-refractivity contribution in [3.8, 4) is 11.3 Å². The van der Waals surface area contributed by atoms with E-state index >= 15 is 0 Å². The summed E-state index contributed by atoms with van der Waals surface area (Å²) in [5.41, 5.74) is 5.04. The summed E-state index contributed by atoms with van der Waals surface area (Å²) >= 11 is 0. The number of aromatic nitrogens is 1.